The zero-order valence-electron chi connectivity index (χ0n) is 14.5. The molecule has 27 heavy (non-hydrogen) atoms. The molecular formula is C21H16Cl2N2O2. The summed E-state index contributed by atoms with van der Waals surface area (Å²) in [6, 6.07) is 17.3. The number of rotatable bonds is 2. The summed E-state index contributed by atoms with van der Waals surface area (Å²) < 4.78 is 12.1. The molecule has 0 N–H and O–H groups in total. The van der Waals surface area contributed by atoms with Crippen LogP contribution < -0.4 is 4.74 Å². The number of hydrogen-bond donors (Lipinski definition) is 0. The predicted octanol–water partition coefficient (Wildman–Crippen LogP) is 6.14. The molecule has 0 spiro atoms. The minimum atomic E-state index is -0.411. The van der Waals surface area contributed by atoms with Crippen molar-refractivity contribution in [1.82, 2.24) is 5.01 Å². The summed E-state index contributed by atoms with van der Waals surface area (Å²) in [5.41, 5.74) is 2.79. The highest BCUT2D eigenvalue weighted by Crippen LogP contribution is 2.49. The van der Waals surface area contributed by atoms with E-state index in [0.29, 0.717) is 16.5 Å². The maximum Gasteiger partial charge on any atom is 0.215 e. The summed E-state index contributed by atoms with van der Waals surface area (Å²) in [4.78, 5) is 0. The Bertz CT molecular complexity index is 1060. The van der Waals surface area contributed by atoms with Crippen molar-refractivity contribution in [3.63, 3.8) is 0 Å². The summed E-state index contributed by atoms with van der Waals surface area (Å²) in [6.07, 6.45) is 0.302. The first-order valence-corrected chi connectivity index (χ1v) is 9.49. The summed E-state index contributed by atoms with van der Waals surface area (Å²) in [7, 11) is 0. The van der Waals surface area contributed by atoms with Crippen LogP contribution in [0.15, 0.2) is 64.1 Å². The van der Waals surface area contributed by atoms with E-state index in [-0.39, 0.29) is 6.04 Å². The van der Waals surface area contributed by atoms with Crippen molar-refractivity contribution in [2.45, 2.75) is 25.6 Å². The van der Waals surface area contributed by atoms with Crippen LogP contribution in [0.3, 0.4) is 0 Å². The molecule has 2 aliphatic heterocycles. The Morgan fingerprint density at radius 2 is 1.89 bits per heavy atom. The smallest absolute Gasteiger partial charge is 0.215 e. The number of hydrazone groups is 1. The van der Waals surface area contributed by atoms with Gasteiger partial charge in [0.1, 0.15) is 23.0 Å². The molecule has 0 saturated carbocycles. The van der Waals surface area contributed by atoms with Gasteiger partial charge in [-0.2, -0.15) is 5.10 Å². The van der Waals surface area contributed by atoms with Crippen LogP contribution in [0.5, 0.6) is 5.75 Å². The third-order valence-corrected chi connectivity index (χ3v) is 5.53. The van der Waals surface area contributed by atoms with Crippen molar-refractivity contribution in [3.05, 3.63) is 87.3 Å². The topological polar surface area (TPSA) is 38.0 Å². The molecule has 1 aromatic heterocycles. The van der Waals surface area contributed by atoms with Crippen LogP contribution >= 0.6 is 23.2 Å². The third-order valence-electron chi connectivity index (χ3n) is 4.95. The van der Waals surface area contributed by atoms with Gasteiger partial charge in [0.2, 0.25) is 6.23 Å². The molecule has 2 atom stereocenters. The number of hydrogen-bond acceptors (Lipinski definition) is 4. The minimum absolute atomic E-state index is 0.00845. The van der Waals surface area contributed by atoms with Crippen LogP contribution in [0.2, 0.25) is 10.0 Å². The summed E-state index contributed by atoms with van der Waals surface area (Å²) in [5.74, 6) is 2.45. The van der Waals surface area contributed by atoms with Gasteiger partial charge in [-0.05, 0) is 43.3 Å². The SMILES string of the molecule is Cc1ccc(C2=NN3[C@H](C2)c2cc(Cl)ccc2O[C@@H]3c2ccccc2Cl)o1. The van der Waals surface area contributed by atoms with E-state index in [2.05, 4.69) is 0 Å². The van der Waals surface area contributed by atoms with Gasteiger partial charge in [-0.25, -0.2) is 5.01 Å². The molecule has 0 saturated heterocycles. The lowest BCUT2D eigenvalue weighted by Gasteiger charge is -2.38. The van der Waals surface area contributed by atoms with E-state index in [1.807, 2.05) is 66.5 Å². The molecule has 0 radical (unpaired) electrons. The zero-order valence-corrected chi connectivity index (χ0v) is 16.0. The molecule has 0 aliphatic carbocycles. The number of ether oxygens (including phenoxy) is 1. The number of fused-ring (bicyclic) bond motifs is 3. The highest BCUT2D eigenvalue weighted by molar-refractivity contribution is 6.31. The van der Waals surface area contributed by atoms with Gasteiger partial charge in [-0.1, -0.05) is 41.4 Å². The normalized spacial score (nSPS) is 20.7. The van der Waals surface area contributed by atoms with Crippen molar-refractivity contribution in [2.24, 2.45) is 5.10 Å². The van der Waals surface area contributed by atoms with E-state index in [0.717, 1.165) is 34.1 Å². The zero-order chi connectivity index (χ0) is 18.5. The molecule has 3 heterocycles. The van der Waals surface area contributed by atoms with Crippen LogP contribution in [0.25, 0.3) is 0 Å². The maximum absolute atomic E-state index is 6.46. The second-order valence-corrected chi connectivity index (χ2v) is 7.57. The highest BCUT2D eigenvalue weighted by Gasteiger charge is 2.42. The Hall–Kier alpha value is -2.43. The molecule has 0 amide bonds. The number of halogens is 2. The molecule has 0 fully saturated rings. The van der Waals surface area contributed by atoms with Gasteiger partial charge in [0, 0.05) is 27.6 Å². The fourth-order valence-corrected chi connectivity index (χ4v) is 4.09. The van der Waals surface area contributed by atoms with E-state index in [1.54, 1.807) is 0 Å². The average Bonchev–Trinajstić information content (AvgIpc) is 3.28. The van der Waals surface area contributed by atoms with Crippen molar-refractivity contribution in [1.29, 1.82) is 0 Å². The largest absolute Gasteiger partial charge is 0.464 e. The van der Waals surface area contributed by atoms with E-state index in [4.69, 9.17) is 37.5 Å². The molecule has 3 aromatic rings. The number of furan rings is 1. The minimum Gasteiger partial charge on any atom is -0.464 e. The van der Waals surface area contributed by atoms with Crippen LogP contribution in [0.4, 0.5) is 0 Å². The highest BCUT2D eigenvalue weighted by atomic mass is 35.5. The molecule has 136 valence electrons. The lowest BCUT2D eigenvalue weighted by Crippen LogP contribution is -2.33. The standard InChI is InChI=1S/C21H16Cl2N2O2/c1-12-6-8-20(26-12)17-11-18-15-10-13(22)7-9-19(15)27-21(25(18)24-17)14-4-2-3-5-16(14)23/h2-10,18,21H,11H2,1H3/t18-,21-/m1/s1. The molecular weight excluding hydrogens is 383 g/mol. The quantitative estimate of drug-likeness (QED) is 0.520. The van der Waals surface area contributed by atoms with Gasteiger partial charge in [-0.15, -0.1) is 0 Å². The molecule has 0 bridgehead atoms. The Morgan fingerprint density at radius 1 is 1.04 bits per heavy atom. The lowest BCUT2D eigenvalue weighted by atomic mass is 9.97. The van der Waals surface area contributed by atoms with Gasteiger partial charge in [0.25, 0.3) is 0 Å². The molecule has 6 heteroatoms. The summed E-state index contributed by atoms with van der Waals surface area (Å²) >= 11 is 12.7. The fraction of sp³-hybridized carbons (Fsp3) is 0.190. The molecule has 5 rings (SSSR count). The average molecular weight is 399 g/mol. The molecule has 4 nitrogen and oxygen atoms in total. The second kappa shape index (κ2) is 6.32. The Balaban J connectivity index is 1.63. The first-order chi connectivity index (χ1) is 13.1. The van der Waals surface area contributed by atoms with Gasteiger partial charge in [0.15, 0.2) is 0 Å². The van der Waals surface area contributed by atoms with E-state index < -0.39 is 6.23 Å². The van der Waals surface area contributed by atoms with Crippen molar-refractivity contribution in [2.75, 3.05) is 0 Å². The number of aryl methyl sites for hydroxylation is 1. The van der Waals surface area contributed by atoms with E-state index >= 15 is 0 Å². The van der Waals surface area contributed by atoms with E-state index in [9.17, 15) is 0 Å². The number of benzene rings is 2. The van der Waals surface area contributed by atoms with Gasteiger partial charge in [-0.3, -0.25) is 0 Å². The number of nitrogens with zero attached hydrogens (tertiary/aromatic N) is 2. The summed E-state index contributed by atoms with van der Waals surface area (Å²) in [6.45, 7) is 1.93. The maximum atomic E-state index is 6.46. The monoisotopic (exact) mass is 398 g/mol. The van der Waals surface area contributed by atoms with Crippen LogP contribution in [0.1, 0.15) is 41.3 Å². The van der Waals surface area contributed by atoms with Gasteiger partial charge >= 0.3 is 0 Å². The molecule has 2 aliphatic rings. The van der Waals surface area contributed by atoms with Crippen molar-refractivity contribution in [3.8, 4) is 5.75 Å². The lowest BCUT2D eigenvalue weighted by molar-refractivity contribution is -0.0189. The van der Waals surface area contributed by atoms with Crippen molar-refractivity contribution < 1.29 is 9.15 Å². The Morgan fingerprint density at radius 3 is 2.67 bits per heavy atom. The first kappa shape index (κ1) is 16.7. The Kier molecular flexibility index (Phi) is 3.92. The Labute approximate surface area is 166 Å². The summed E-state index contributed by atoms with van der Waals surface area (Å²) in [5, 5.41) is 8.14. The van der Waals surface area contributed by atoms with Gasteiger partial charge < -0.3 is 9.15 Å². The van der Waals surface area contributed by atoms with Crippen molar-refractivity contribution >= 4 is 28.9 Å². The van der Waals surface area contributed by atoms with E-state index in [1.165, 1.54) is 0 Å². The second-order valence-electron chi connectivity index (χ2n) is 6.73. The van der Waals surface area contributed by atoms with Crippen LogP contribution in [0, 0.1) is 6.92 Å². The van der Waals surface area contributed by atoms with Gasteiger partial charge in [0.05, 0.1) is 6.04 Å². The molecule has 2 aromatic carbocycles. The fourth-order valence-electron chi connectivity index (χ4n) is 3.68. The molecule has 0 unspecified atom stereocenters. The van der Waals surface area contributed by atoms with Crippen LogP contribution in [-0.4, -0.2) is 10.7 Å². The first-order valence-electron chi connectivity index (χ1n) is 8.73. The van der Waals surface area contributed by atoms with Crippen LogP contribution in [-0.2, 0) is 0 Å². The third kappa shape index (κ3) is 2.80. The predicted molar refractivity (Wildman–Crippen MR) is 105 cm³/mol.